The molecule has 1 N–H and O–H groups in total. The van der Waals surface area contributed by atoms with E-state index < -0.39 is 0 Å². The van der Waals surface area contributed by atoms with Crippen molar-refractivity contribution < 1.29 is 9.90 Å². The second-order valence-corrected chi connectivity index (χ2v) is 5.56. The summed E-state index contributed by atoms with van der Waals surface area (Å²) in [6.45, 7) is 1.75. The third kappa shape index (κ3) is 3.00. The third-order valence-corrected chi connectivity index (χ3v) is 4.11. The van der Waals surface area contributed by atoms with E-state index in [9.17, 15) is 4.79 Å². The fraction of sp³-hybridized carbons (Fsp3) is 0.353. The van der Waals surface area contributed by atoms with Gasteiger partial charge in [0, 0.05) is 43.3 Å². The Balaban J connectivity index is 1.75. The average Bonchev–Trinajstić information content (AvgIpc) is 3.18. The highest BCUT2D eigenvalue weighted by Crippen LogP contribution is 2.22. The number of aromatic nitrogens is 1. The number of hydrogen-bond acceptors (Lipinski definition) is 2. The zero-order chi connectivity index (χ0) is 14.7. The molecule has 110 valence electrons. The van der Waals surface area contributed by atoms with Crippen LogP contribution in [0, 0.1) is 5.92 Å². The lowest BCUT2D eigenvalue weighted by molar-refractivity contribution is 0.0784. The molecule has 2 heterocycles. The maximum atomic E-state index is 12.6. The number of likely N-dealkylation sites (tertiary alicyclic amines) is 1. The summed E-state index contributed by atoms with van der Waals surface area (Å²) in [7, 11) is 0. The van der Waals surface area contributed by atoms with Crippen molar-refractivity contribution in [1.29, 1.82) is 0 Å². The van der Waals surface area contributed by atoms with E-state index in [1.165, 1.54) is 0 Å². The van der Waals surface area contributed by atoms with Crippen molar-refractivity contribution >= 4 is 5.91 Å². The lowest BCUT2D eigenvalue weighted by Gasteiger charge is -2.17. The smallest absolute Gasteiger partial charge is 0.253 e. The van der Waals surface area contributed by atoms with Crippen molar-refractivity contribution in [3.63, 3.8) is 0 Å². The topological polar surface area (TPSA) is 45.5 Å². The van der Waals surface area contributed by atoms with Crippen LogP contribution in [-0.2, 0) is 0 Å². The predicted molar refractivity (Wildman–Crippen MR) is 81.5 cm³/mol. The fourth-order valence-electron chi connectivity index (χ4n) is 2.92. The molecular weight excluding hydrogens is 264 g/mol. The van der Waals surface area contributed by atoms with E-state index in [2.05, 4.69) is 0 Å². The van der Waals surface area contributed by atoms with Crippen molar-refractivity contribution in [1.82, 2.24) is 9.47 Å². The number of nitrogens with zero attached hydrogens (tertiary/aromatic N) is 2. The van der Waals surface area contributed by atoms with Crippen LogP contribution in [0.2, 0.25) is 0 Å². The van der Waals surface area contributed by atoms with E-state index >= 15 is 0 Å². The molecule has 2 aromatic rings. The van der Waals surface area contributed by atoms with Gasteiger partial charge in [0.15, 0.2) is 0 Å². The number of aliphatic hydroxyl groups is 1. The fourth-order valence-corrected chi connectivity index (χ4v) is 2.92. The van der Waals surface area contributed by atoms with Crippen molar-refractivity contribution in [2.45, 2.75) is 12.8 Å². The van der Waals surface area contributed by atoms with Crippen molar-refractivity contribution in [3.05, 3.63) is 54.4 Å². The van der Waals surface area contributed by atoms with E-state index in [1.54, 1.807) is 0 Å². The number of carbonyl (C=O) groups excluding carboxylic acids is 1. The molecule has 0 spiro atoms. The average molecular weight is 284 g/mol. The van der Waals surface area contributed by atoms with Crippen LogP contribution in [0.25, 0.3) is 5.69 Å². The highest BCUT2D eigenvalue weighted by atomic mass is 16.3. The van der Waals surface area contributed by atoms with E-state index in [-0.39, 0.29) is 12.5 Å². The van der Waals surface area contributed by atoms with Gasteiger partial charge in [0.1, 0.15) is 0 Å². The number of amides is 1. The van der Waals surface area contributed by atoms with Crippen LogP contribution in [0.1, 0.15) is 23.2 Å². The lowest BCUT2D eigenvalue weighted by Crippen LogP contribution is -2.28. The summed E-state index contributed by atoms with van der Waals surface area (Å²) in [5, 5.41) is 9.00. The zero-order valence-corrected chi connectivity index (χ0v) is 12.0. The molecule has 1 aliphatic heterocycles. The van der Waals surface area contributed by atoms with Crippen LogP contribution < -0.4 is 0 Å². The first-order valence-electron chi connectivity index (χ1n) is 7.41. The summed E-state index contributed by atoms with van der Waals surface area (Å²) in [6, 6.07) is 11.7. The molecule has 1 fully saturated rings. The highest BCUT2D eigenvalue weighted by molar-refractivity contribution is 5.95. The quantitative estimate of drug-likeness (QED) is 0.936. The molecule has 21 heavy (non-hydrogen) atoms. The molecule has 1 aromatic carbocycles. The zero-order valence-electron chi connectivity index (χ0n) is 12.0. The molecule has 4 nitrogen and oxygen atoms in total. The van der Waals surface area contributed by atoms with Gasteiger partial charge in [0.05, 0.1) is 0 Å². The van der Waals surface area contributed by atoms with E-state index in [0.717, 1.165) is 37.2 Å². The molecule has 0 bridgehead atoms. The minimum atomic E-state index is 0.0874. The van der Waals surface area contributed by atoms with Gasteiger partial charge in [-0.15, -0.1) is 0 Å². The van der Waals surface area contributed by atoms with E-state index in [1.807, 2.05) is 58.3 Å². The van der Waals surface area contributed by atoms with Crippen molar-refractivity contribution in [2.75, 3.05) is 19.7 Å². The minimum Gasteiger partial charge on any atom is -0.396 e. The summed E-state index contributed by atoms with van der Waals surface area (Å²) >= 11 is 0. The molecule has 1 amide bonds. The molecule has 0 aliphatic carbocycles. The standard InChI is InChI=1S/C17H20N2O2/c20-11-7-14-6-10-19(13-14)17(21)15-4-3-5-16(12-15)18-8-1-2-9-18/h1-5,8-9,12,14,20H,6-7,10-11,13H2. The molecular formula is C17H20N2O2. The van der Waals surface area contributed by atoms with Gasteiger partial charge in [-0.1, -0.05) is 6.07 Å². The number of aliphatic hydroxyl groups excluding tert-OH is 1. The monoisotopic (exact) mass is 284 g/mol. The van der Waals surface area contributed by atoms with Crippen LogP contribution in [-0.4, -0.2) is 40.2 Å². The van der Waals surface area contributed by atoms with Crippen LogP contribution >= 0.6 is 0 Å². The van der Waals surface area contributed by atoms with E-state index in [0.29, 0.717) is 5.92 Å². The Morgan fingerprint density at radius 2 is 2.05 bits per heavy atom. The number of carbonyl (C=O) groups is 1. The third-order valence-electron chi connectivity index (χ3n) is 4.11. The Hall–Kier alpha value is -2.07. The number of hydrogen-bond donors (Lipinski definition) is 1. The summed E-state index contributed by atoms with van der Waals surface area (Å²) < 4.78 is 2.00. The van der Waals surface area contributed by atoms with Gasteiger partial charge < -0.3 is 14.6 Å². The van der Waals surface area contributed by atoms with Crippen LogP contribution in [0.4, 0.5) is 0 Å². The maximum absolute atomic E-state index is 12.6. The van der Waals surface area contributed by atoms with Gasteiger partial charge in [-0.3, -0.25) is 4.79 Å². The molecule has 4 heteroatoms. The first kappa shape index (κ1) is 13.9. The summed E-state index contributed by atoms with van der Waals surface area (Å²) in [5.41, 5.74) is 1.72. The first-order valence-corrected chi connectivity index (χ1v) is 7.41. The summed E-state index contributed by atoms with van der Waals surface area (Å²) in [6.07, 6.45) is 5.71. The largest absolute Gasteiger partial charge is 0.396 e. The van der Waals surface area contributed by atoms with Gasteiger partial charge in [0.25, 0.3) is 5.91 Å². The van der Waals surface area contributed by atoms with Crippen LogP contribution in [0.15, 0.2) is 48.8 Å². The second kappa shape index (κ2) is 6.14. The number of rotatable bonds is 4. The Kier molecular flexibility index (Phi) is 4.06. The summed E-state index contributed by atoms with van der Waals surface area (Å²) in [5.74, 6) is 0.524. The van der Waals surface area contributed by atoms with E-state index in [4.69, 9.17) is 5.11 Å². The summed E-state index contributed by atoms with van der Waals surface area (Å²) in [4.78, 5) is 14.5. The molecule has 1 saturated heterocycles. The van der Waals surface area contributed by atoms with Crippen molar-refractivity contribution in [2.24, 2.45) is 5.92 Å². The van der Waals surface area contributed by atoms with Gasteiger partial charge >= 0.3 is 0 Å². The molecule has 0 radical (unpaired) electrons. The van der Waals surface area contributed by atoms with Gasteiger partial charge in [-0.25, -0.2) is 0 Å². The maximum Gasteiger partial charge on any atom is 0.253 e. The molecule has 1 unspecified atom stereocenters. The first-order chi connectivity index (χ1) is 10.3. The normalized spacial score (nSPS) is 18.1. The Morgan fingerprint density at radius 3 is 2.81 bits per heavy atom. The van der Waals surface area contributed by atoms with Crippen molar-refractivity contribution in [3.8, 4) is 5.69 Å². The SMILES string of the molecule is O=C(c1cccc(-n2cccc2)c1)N1CCC(CCO)C1. The number of benzene rings is 1. The highest BCUT2D eigenvalue weighted by Gasteiger charge is 2.26. The van der Waals surface area contributed by atoms with Gasteiger partial charge in [0.2, 0.25) is 0 Å². The van der Waals surface area contributed by atoms with Gasteiger partial charge in [-0.05, 0) is 49.1 Å². The van der Waals surface area contributed by atoms with Gasteiger partial charge in [-0.2, -0.15) is 0 Å². The Morgan fingerprint density at radius 1 is 1.24 bits per heavy atom. The molecule has 1 aromatic heterocycles. The minimum absolute atomic E-state index is 0.0874. The lowest BCUT2D eigenvalue weighted by atomic mass is 10.1. The van der Waals surface area contributed by atoms with Crippen LogP contribution in [0.5, 0.6) is 0 Å². The Bertz CT molecular complexity index is 607. The van der Waals surface area contributed by atoms with Crippen LogP contribution in [0.3, 0.4) is 0 Å². The predicted octanol–water partition coefficient (Wildman–Crippen LogP) is 2.32. The second-order valence-electron chi connectivity index (χ2n) is 5.56. The molecule has 3 rings (SSSR count). The Labute approximate surface area is 124 Å². The molecule has 0 saturated carbocycles. The molecule has 1 atom stereocenters. The molecule has 1 aliphatic rings.